The van der Waals surface area contributed by atoms with Crippen LogP contribution in [0.5, 0.6) is 5.88 Å². The van der Waals surface area contributed by atoms with Gasteiger partial charge >= 0.3 is 0 Å². The van der Waals surface area contributed by atoms with Gasteiger partial charge in [-0.2, -0.15) is 4.52 Å². The molecule has 1 atom stereocenters. The molecule has 4 rings (SSSR count). The van der Waals surface area contributed by atoms with Crippen LogP contribution in [0, 0.1) is 5.82 Å². The summed E-state index contributed by atoms with van der Waals surface area (Å²) in [5.41, 5.74) is 1.02. The van der Waals surface area contributed by atoms with Gasteiger partial charge in [-0.25, -0.2) is 9.37 Å². The molecule has 1 aromatic carbocycles. The molecule has 1 aliphatic rings. The quantitative estimate of drug-likeness (QED) is 0.759. The van der Waals surface area contributed by atoms with E-state index in [4.69, 9.17) is 0 Å². The third-order valence-corrected chi connectivity index (χ3v) is 5.76. The van der Waals surface area contributed by atoms with Crippen LogP contribution in [-0.2, 0) is 6.42 Å². The lowest BCUT2D eigenvalue weighted by Crippen LogP contribution is -3.10. The van der Waals surface area contributed by atoms with Crippen molar-refractivity contribution in [1.82, 2.24) is 14.6 Å². The zero-order chi connectivity index (χ0) is 16.7. The van der Waals surface area contributed by atoms with E-state index in [0.29, 0.717) is 4.96 Å². The Morgan fingerprint density at radius 3 is 2.62 bits per heavy atom. The Morgan fingerprint density at radius 2 is 2.00 bits per heavy atom. The van der Waals surface area contributed by atoms with E-state index < -0.39 is 0 Å². The van der Waals surface area contributed by atoms with Crippen molar-refractivity contribution in [3.8, 4) is 5.88 Å². The van der Waals surface area contributed by atoms with Gasteiger partial charge in [-0.3, -0.25) is 0 Å². The highest BCUT2D eigenvalue weighted by atomic mass is 32.1. The van der Waals surface area contributed by atoms with Gasteiger partial charge in [0.05, 0.1) is 13.1 Å². The Kier molecular flexibility index (Phi) is 3.97. The summed E-state index contributed by atoms with van der Waals surface area (Å²) in [5, 5.41) is 15.1. The van der Waals surface area contributed by atoms with E-state index >= 15 is 0 Å². The average Bonchev–Trinajstić information content (AvgIpc) is 3.29. The molecule has 0 spiro atoms. The molecule has 0 unspecified atom stereocenters. The SMILES string of the molecule is CCc1nc2sc([C@@H](c3ccc(F)cc3)[NH+]3CCCC3)c(O)n2n1. The van der Waals surface area contributed by atoms with E-state index in [1.54, 1.807) is 0 Å². The number of hydrogen-bond donors (Lipinski definition) is 2. The second-order valence-electron chi connectivity index (χ2n) is 6.22. The lowest BCUT2D eigenvalue weighted by molar-refractivity contribution is -0.913. The molecule has 2 aromatic heterocycles. The van der Waals surface area contributed by atoms with E-state index in [9.17, 15) is 9.50 Å². The summed E-state index contributed by atoms with van der Waals surface area (Å²) in [4.78, 5) is 7.44. The summed E-state index contributed by atoms with van der Waals surface area (Å²) < 4.78 is 14.9. The van der Waals surface area contributed by atoms with Crippen molar-refractivity contribution in [2.45, 2.75) is 32.2 Å². The molecule has 1 saturated heterocycles. The van der Waals surface area contributed by atoms with Crippen molar-refractivity contribution < 1.29 is 14.4 Å². The van der Waals surface area contributed by atoms with Crippen molar-refractivity contribution in [3.63, 3.8) is 0 Å². The highest BCUT2D eigenvalue weighted by Gasteiger charge is 2.34. The van der Waals surface area contributed by atoms with E-state index in [0.717, 1.165) is 35.8 Å². The van der Waals surface area contributed by atoms with Crippen LogP contribution < -0.4 is 4.90 Å². The van der Waals surface area contributed by atoms with Crippen LogP contribution in [0.1, 0.15) is 42.1 Å². The van der Waals surface area contributed by atoms with Crippen LogP contribution in [0.2, 0.25) is 0 Å². The number of likely N-dealkylation sites (tertiary alicyclic amines) is 1. The Labute approximate surface area is 143 Å². The number of nitrogens with zero attached hydrogens (tertiary/aromatic N) is 3. The first-order chi connectivity index (χ1) is 11.7. The molecule has 2 N–H and O–H groups in total. The fourth-order valence-corrected chi connectivity index (χ4v) is 4.63. The maximum absolute atomic E-state index is 13.3. The first kappa shape index (κ1) is 15.5. The zero-order valence-electron chi connectivity index (χ0n) is 13.5. The number of aromatic nitrogens is 3. The Balaban J connectivity index is 1.82. The number of halogens is 1. The molecular formula is C17H20FN4OS+. The molecule has 3 aromatic rings. The van der Waals surface area contributed by atoms with E-state index in [1.807, 2.05) is 19.1 Å². The largest absolute Gasteiger partial charge is 0.492 e. The average molecular weight is 347 g/mol. The molecule has 3 heterocycles. The maximum atomic E-state index is 13.3. The Morgan fingerprint density at radius 1 is 1.29 bits per heavy atom. The minimum Gasteiger partial charge on any atom is -0.492 e. The molecule has 126 valence electrons. The van der Waals surface area contributed by atoms with Gasteiger partial charge in [0.25, 0.3) is 0 Å². The first-order valence-corrected chi connectivity index (χ1v) is 9.16. The van der Waals surface area contributed by atoms with Crippen LogP contribution in [0.15, 0.2) is 24.3 Å². The Hall–Kier alpha value is -1.99. The standard InChI is InChI=1S/C17H19FN4OS/c1-2-13-19-17-22(20-13)16(23)15(24-17)14(21-9-3-4-10-21)11-5-7-12(18)8-6-11/h5-8,14,23H,2-4,9-10H2,1H3/p+1/t14-/m1/s1. The van der Waals surface area contributed by atoms with Crippen LogP contribution in [0.3, 0.4) is 0 Å². The van der Waals surface area contributed by atoms with Crippen molar-refractivity contribution in [1.29, 1.82) is 0 Å². The predicted molar refractivity (Wildman–Crippen MR) is 90.1 cm³/mol. The normalized spacial score (nSPS) is 16.9. The van der Waals surface area contributed by atoms with Gasteiger partial charge in [0.15, 0.2) is 11.9 Å². The van der Waals surface area contributed by atoms with E-state index in [1.165, 1.54) is 45.7 Å². The molecule has 5 nitrogen and oxygen atoms in total. The highest BCUT2D eigenvalue weighted by molar-refractivity contribution is 7.17. The Bertz CT molecular complexity index is 851. The number of benzene rings is 1. The number of aromatic hydroxyl groups is 1. The van der Waals surface area contributed by atoms with Gasteiger partial charge in [-0.1, -0.05) is 18.3 Å². The molecular weight excluding hydrogens is 327 g/mol. The fourth-order valence-electron chi connectivity index (χ4n) is 3.47. The summed E-state index contributed by atoms with van der Waals surface area (Å²) in [6.45, 7) is 4.10. The van der Waals surface area contributed by atoms with Crippen molar-refractivity contribution >= 4 is 16.3 Å². The van der Waals surface area contributed by atoms with Crippen LogP contribution >= 0.6 is 11.3 Å². The summed E-state index contributed by atoms with van der Waals surface area (Å²) >= 11 is 1.48. The lowest BCUT2D eigenvalue weighted by Gasteiger charge is -2.24. The van der Waals surface area contributed by atoms with Crippen LogP contribution in [0.4, 0.5) is 4.39 Å². The smallest absolute Gasteiger partial charge is 0.235 e. The lowest BCUT2D eigenvalue weighted by atomic mass is 10.0. The summed E-state index contributed by atoms with van der Waals surface area (Å²) in [7, 11) is 0. The molecule has 0 bridgehead atoms. The summed E-state index contributed by atoms with van der Waals surface area (Å²) in [6, 6.07) is 6.60. The van der Waals surface area contributed by atoms with Crippen LogP contribution in [-0.4, -0.2) is 32.8 Å². The first-order valence-electron chi connectivity index (χ1n) is 8.34. The van der Waals surface area contributed by atoms with E-state index in [2.05, 4.69) is 10.1 Å². The molecule has 24 heavy (non-hydrogen) atoms. The minimum absolute atomic E-state index is 0.00771. The van der Waals surface area contributed by atoms with Gasteiger partial charge in [-0.05, 0) is 24.3 Å². The number of thiazole rings is 1. The molecule has 0 aliphatic carbocycles. The molecule has 0 radical (unpaired) electrons. The topological polar surface area (TPSA) is 54.9 Å². The van der Waals surface area contributed by atoms with Gasteiger partial charge in [0, 0.05) is 24.8 Å². The second-order valence-corrected chi connectivity index (χ2v) is 7.22. The summed E-state index contributed by atoms with van der Waals surface area (Å²) in [5.74, 6) is 0.652. The number of nitrogens with one attached hydrogen (secondary N) is 1. The number of rotatable bonds is 4. The highest BCUT2D eigenvalue weighted by Crippen LogP contribution is 2.35. The van der Waals surface area contributed by atoms with Gasteiger partial charge in [-0.15, -0.1) is 5.10 Å². The van der Waals surface area contributed by atoms with Crippen molar-refractivity contribution in [3.05, 3.63) is 46.3 Å². The fraction of sp³-hybridized carbons (Fsp3) is 0.412. The molecule has 7 heteroatoms. The van der Waals surface area contributed by atoms with E-state index in [-0.39, 0.29) is 17.7 Å². The van der Waals surface area contributed by atoms with Gasteiger partial charge < -0.3 is 10.0 Å². The molecule has 0 saturated carbocycles. The monoisotopic (exact) mass is 347 g/mol. The number of aryl methyl sites for hydroxylation is 1. The minimum atomic E-state index is -0.242. The molecule has 0 amide bonds. The molecule has 1 aliphatic heterocycles. The third kappa shape index (κ3) is 2.57. The zero-order valence-corrected chi connectivity index (χ0v) is 14.3. The summed E-state index contributed by atoms with van der Waals surface area (Å²) in [6.07, 6.45) is 3.09. The predicted octanol–water partition coefficient (Wildman–Crippen LogP) is 1.97. The number of quaternary nitrogens is 1. The van der Waals surface area contributed by atoms with Gasteiger partial charge in [0.1, 0.15) is 10.7 Å². The van der Waals surface area contributed by atoms with Crippen LogP contribution in [0.25, 0.3) is 4.96 Å². The third-order valence-electron chi connectivity index (χ3n) is 4.68. The second kappa shape index (κ2) is 6.14. The molecule has 1 fully saturated rings. The van der Waals surface area contributed by atoms with Gasteiger partial charge in [0.2, 0.25) is 10.8 Å². The van der Waals surface area contributed by atoms with Crippen molar-refractivity contribution in [2.24, 2.45) is 0 Å². The number of fused-ring (bicyclic) bond motifs is 1. The number of hydrogen-bond acceptors (Lipinski definition) is 4. The maximum Gasteiger partial charge on any atom is 0.235 e. The van der Waals surface area contributed by atoms with Crippen molar-refractivity contribution in [2.75, 3.05) is 13.1 Å².